The molecule has 1 N–H and O–H groups in total. The Hall–Kier alpha value is 0.630. The van der Waals surface area contributed by atoms with E-state index in [1.807, 2.05) is 0 Å². The summed E-state index contributed by atoms with van der Waals surface area (Å²) < 4.78 is 16.8. The van der Waals surface area contributed by atoms with E-state index in [1.54, 1.807) is 0 Å². The lowest BCUT2D eigenvalue weighted by Crippen LogP contribution is -2.44. The third-order valence-electron chi connectivity index (χ3n) is 3.33. The number of rotatable bonds is 4. The van der Waals surface area contributed by atoms with Crippen LogP contribution in [0.15, 0.2) is 0 Å². The number of hydrogen-bond acceptors (Lipinski definition) is 6. The molecule has 4 atom stereocenters. The molecule has 0 aromatic rings. The lowest BCUT2D eigenvalue weighted by molar-refractivity contribution is -0.138. The maximum absolute atomic E-state index is 9.32. The van der Waals surface area contributed by atoms with Crippen LogP contribution in [0.4, 0.5) is 0 Å². The number of halogens is 1. The molecule has 2 aliphatic rings. The van der Waals surface area contributed by atoms with Crippen molar-refractivity contribution in [3.8, 4) is 0 Å². The summed E-state index contributed by atoms with van der Waals surface area (Å²) in [7, 11) is 1.14. The van der Waals surface area contributed by atoms with Gasteiger partial charge in [-0.3, -0.25) is 9.08 Å². The Morgan fingerprint density at radius 1 is 1.59 bits per heavy atom. The fraction of sp³-hybridized carbons (Fsp3) is 1.00. The minimum absolute atomic E-state index is 0.0201. The summed E-state index contributed by atoms with van der Waals surface area (Å²) in [5.41, 5.74) is 0. The van der Waals surface area contributed by atoms with E-state index in [9.17, 15) is 5.11 Å². The highest BCUT2D eigenvalue weighted by Gasteiger charge is 2.45. The minimum Gasteiger partial charge on any atom is -0.394 e. The van der Waals surface area contributed by atoms with Gasteiger partial charge in [-0.05, 0) is 6.42 Å². The van der Waals surface area contributed by atoms with Crippen LogP contribution in [0.3, 0.4) is 0 Å². The number of hydrogen-bond donors (Lipinski definition) is 1. The first-order valence-electron chi connectivity index (χ1n) is 5.80. The summed E-state index contributed by atoms with van der Waals surface area (Å²) >= 11 is 3.18. The third-order valence-corrected chi connectivity index (χ3v) is 4.08. The molecule has 17 heavy (non-hydrogen) atoms. The molecule has 0 radical (unpaired) electrons. The highest BCUT2D eigenvalue weighted by Crippen LogP contribution is 2.35. The van der Waals surface area contributed by atoms with E-state index >= 15 is 0 Å². The molecule has 2 rings (SSSR count). The van der Waals surface area contributed by atoms with Crippen LogP contribution in [0.5, 0.6) is 0 Å². The number of aliphatic hydroxyl groups excluding tert-OH is 1. The molecule has 2 fully saturated rings. The van der Waals surface area contributed by atoms with Crippen molar-refractivity contribution in [2.45, 2.75) is 31.8 Å². The van der Waals surface area contributed by atoms with Gasteiger partial charge in [0.15, 0.2) is 0 Å². The summed E-state index contributed by atoms with van der Waals surface area (Å²) in [5.74, 6) is 0.207. The van der Waals surface area contributed by atoms with Crippen LogP contribution in [0.25, 0.3) is 0 Å². The highest BCUT2D eigenvalue weighted by molar-refractivity contribution is 9.49. The standard InChI is InChI=1S/C10H18BrNO4S/c1-7-9(16-17-11)8(5-13)15-10(7)12-3-2-4-14-6-12/h7-10,13H,2-6H2,1H3. The molecule has 4 unspecified atom stereocenters. The predicted molar refractivity (Wildman–Crippen MR) is 68.4 cm³/mol. The molecule has 2 heterocycles. The Balaban J connectivity index is 1.98. The maximum atomic E-state index is 9.32. The van der Waals surface area contributed by atoms with Gasteiger partial charge in [-0.1, -0.05) is 6.92 Å². The van der Waals surface area contributed by atoms with Gasteiger partial charge in [0.1, 0.15) is 25.2 Å². The smallest absolute Gasteiger partial charge is 0.118 e. The molecular weight excluding hydrogens is 310 g/mol. The van der Waals surface area contributed by atoms with Crippen LogP contribution in [-0.4, -0.2) is 54.9 Å². The van der Waals surface area contributed by atoms with Gasteiger partial charge >= 0.3 is 0 Å². The fourth-order valence-corrected chi connectivity index (χ4v) is 3.37. The topological polar surface area (TPSA) is 51.2 Å². The van der Waals surface area contributed by atoms with Crippen LogP contribution in [0, 0.1) is 5.92 Å². The molecule has 0 amide bonds. The molecule has 2 saturated heterocycles. The number of aliphatic hydroxyl groups is 1. The Labute approximate surface area is 113 Å². The summed E-state index contributed by atoms with van der Waals surface area (Å²) in [5, 5.41) is 9.32. The van der Waals surface area contributed by atoms with Crippen molar-refractivity contribution in [1.82, 2.24) is 4.90 Å². The van der Waals surface area contributed by atoms with Crippen LogP contribution < -0.4 is 0 Å². The van der Waals surface area contributed by atoms with Crippen molar-refractivity contribution in [3.63, 3.8) is 0 Å². The lowest BCUT2D eigenvalue weighted by atomic mass is 10.0. The second kappa shape index (κ2) is 6.70. The van der Waals surface area contributed by atoms with Gasteiger partial charge in [0.25, 0.3) is 0 Å². The van der Waals surface area contributed by atoms with Crippen LogP contribution >= 0.6 is 25.3 Å². The minimum atomic E-state index is -0.262. The van der Waals surface area contributed by atoms with Gasteiger partial charge in [0.05, 0.1) is 17.1 Å². The van der Waals surface area contributed by atoms with E-state index in [4.69, 9.17) is 13.7 Å². The molecule has 0 aromatic heterocycles. The summed E-state index contributed by atoms with van der Waals surface area (Å²) in [6, 6.07) is 0. The van der Waals surface area contributed by atoms with Crippen molar-refractivity contribution in [1.29, 1.82) is 0 Å². The quantitative estimate of drug-likeness (QED) is 0.787. The van der Waals surface area contributed by atoms with E-state index in [2.05, 4.69) is 26.6 Å². The average Bonchev–Trinajstić information content (AvgIpc) is 2.69. The lowest BCUT2D eigenvalue weighted by Gasteiger charge is -2.33. The van der Waals surface area contributed by atoms with E-state index < -0.39 is 0 Å². The first kappa shape index (κ1) is 14.0. The molecule has 2 aliphatic heterocycles. The van der Waals surface area contributed by atoms with Crippen LogP contribution in [0.2, 0.25) is 0 Å². The Morgan fingerprint density at radius 3 is 3.00 bits per heavy atom. The first-order valence-corrected chi connectivity index (χ1v) is 8.38. The molecular formula is C10H18BrNO4S. The van der Waals surface area contributed by atoms with Gasteiger partial charge in [0.2, 0.25) is 0 Å². The number of ether oxygens (including phenoxy) is 2. The second-order valence-corrected chi connectivity index (χ2v) is 5.55. The van der Waals surface area contributed by atoms with Gasteiger partial charge < -0.3 is 14.6 Å². The van der Waals surface area contributed by atoms with Crippen molar-refractivity contribution in [3.05, 3.63) is 0 Å². The van der Waals surface area contributed by atoms with E-state index in [1.165, 1.54) is 0 Å². The molecule has 0 saturated carbocycles. The molecule has 5 nitrogen and oxygen atoms in total. The van der Waals surface area contributed by atoms with E-state index in [0.717, 1.165) is 30.0 Å². The Morgan fingerprint density at radius 2 is 2.41 bits per heavy atom. The van der Waals surface area contributed by atoms with Crippen LogP contribution in [0.1, 0.15) is 13.3 Å². The summed E-state index contributed by atoms with van der Waals surface area (Å²) in [6.07, 6.45) is 0.630. The van der Waals surface area contributed by atoms with E-state index in [0.29, 0.717) is 6.73 Å². The largest absolute Gasteiger partial charge is 0.394 e. The molecule has 0 spiro atoms. The molecule has 0 bridgehead atoms. The van der Waals surface area contributed by atoms with Crippen molar-refractivity contribution < 1.29 is 18.8 Å². The zero-order valence-corrected chi connectivity index (χ0v) is 12.2. The molecule has 0 aliphatic carbocycles. The monoisotopic (exact) mass is 327 g/mol. The maximum Gasteiger partial charge on any atom is 0.118 e. The zero-order valence-electron chi connectivity index (χ0n) is 9.75. The summed E-state index contributed by atoms with van der Waals surface area (Å²) in [6.45, 7) is 4.46. The highest BCUT2D eigenvalue weighted by atomic mass is 79.9. The van der Waals surface area contributed by atoms with Gasteiger partial charge in [-0.15, -0.1) is 0 Å². The van der Waals surface area contributed by atoms with Gasteiger partial charge in [0, 0.05) is 33.9 Å². The third kappa shape index (κ3) is 3.15. The predicted octanol–water partition coefficient (Wildman–Crippen LogP) is 1.36. The summed E-state index contributed by atoms with van der Waals surface area (Å²) in [4.78, 5) is 2.17. The van der Waals surface area contributed by atoms with Crippen LogP contribution in [-0.2, 0) is 13.7 Å². The Kier molecular flexibility index (Phi) is 5.53. The second-order valence-electron chi connectivity index (χ2n) is 4.43. The van der Waals surface area contributed by atoms with Crippen molar-refractivity contribution >= 4 is 25.3 Å². The normalized spacial score (nSPS) is 39.7. The molecule has 7 heteroatoms. The van der Waals surface area contributed by atoms with E-state index in [-0.39, 0.29) is 31.0 Å². The Bertz CT molecular complexity index is 242. The van der Waals surface area contributed by atoms with Gasteiger partial charge in [-0.25, -0.2) is 0 Å². The average molecular weight is 328 g/mol. The molecule has 0 aromatic carbocycles. The number of nitrogens with zero attached hydrogens (tertiary/aromatic N) is 1. The zero-order chi connectivity index (χ0) is 12.3. The van der Waals surface area contributed by atoms with Crippen molar-refractivity contribution in [2.24, 2.45) is 5.92 Å². The van der Waals surface area contributed by atoms with Gasteiger partial charge in [-0.2, -0.15) is 0 Å². The SMILES string of the molecule is CC1C(OSBr)C(CO)OC1N1CCCOC1. The fourth-order valence-electron chi connectivity index (χ4n) is 2.46. The molecule has 100 valence electrons. The van der Waals surface area contributed by atoms with Crippen molar-refractivity contribution in [2.75, 3.05) is 26.5 Å². The first-order chi connectivity index (χ1) is 8.27.